The fourth-order valence-electron chi connectivity index (χ4n) is 3.11. The summed E-state index contributed by atoms with van der Waals surface area (Å²) < 4.78 is 42.3. The van der Waals surface area contributed by atoms with E-state index in [9.17, 15) is 17.9 Å². The molecule has 0 radical (unpaired) electrons. The topological polar surface area (TPSA) is 79.3 Å². The van der Waals surface area contributed by atoms with E-state index in [1.54, 1.807) is 6.92 Å². The first kappa shape index (κ1) is 20.5. The zero-order chi connectivity index (χ0) is 19.8. The maximum absolute atomic E-state index is 14.6. The normalized spacial score (nSPS) is 23.4. The Balaban J connectivity index is 1.82. The van der Waals surface area contributed by atoms with Crippen molar-refractivity contribution in [3.63, 3.8) is 0 Å². The van der Waals surface area contributed by atoms with Crippen LogP contribution in [0.3, 0.4) is 0 Å². The standard InChI is InChI=1S/C18H19Cl2FN2O3S/c1-18(24)6-4-12(5-7-18)23-27(25,26)13-2-3-14(16(21)9-13)17-15(20)8-11(19)10-22-17/h2-3,8-10,12,23-24H,4-7H2,1H3/t12-,18+. The first-order valence-corrected chi connectivity index (χ1v) is 10.7. The van der Waals surface area contributed by atoms with Gasteiger partial charge in [0.05, 0.1) is 26.2 Å². The van der Waals surface area contributed by atoms with E-state index in [1.807, 2.05) is 0 Å². The predicted octanol–water partition coefficient (Wildman–Crippen LogP) is 4.17. The lowest BCUT2D eigenvalue weighted by Gasteiger charge is -2.33. The number of halogens is 3. The van der Waals surface area contributed by atoms with Gasteiger partial charge < -0.3 is 5.11 Å². The molecule has 1 aliphatic rings. The lowest BCUT2D eigenvalue weighted by molar-refractivity contribution is 0.0163. The SMILES string of the molecule is C[C@]1(O)CC[C@@H](NS(=O)(=O)c2ccc(-c3ncc(Cl)cc3Cl)c(F)c2)CC1. The van der Waals surface area contributed by atoms with Gasteiger partial charge >= 0.3 is 0 Å². The molecule has 1 aromatic heterocycles. The van der Waals surface area contributed by atoms with Crippen LogP contribution in [0.5, 0.6) is 0 Å². The summed E-state index contributed by atoms with van der Waals surface area (Å²) in [5.74, 6) is -0.749. The minimum Gasteiger partial charge on any atom is -0.390 e. The Kier molecular flexibility index (Phi) is 5.80. The molecule has 146 valence electrons. The van der Waals surface area contributed by atoms with Crippen LogP contribution in [-0.4, -0.2) is 30.2 Å². The van der Waals surface area contributed by atoms with Crippen LogP contribution in [-0.2, 0) is 10.0 Å². The molecule has 0 spiro atoms. The van der Waals surface area contributed by atoms with E-state index in [1.165, 1.54) is 24.4 Å². The number of nitrogens with zero attached hydrogens (tertiary/aromatic N) is 1. The van der Waals surface area contributed by atoms with Gasteiger partial charge in [0.2, 0.25) is 10.0 Å². The molecule has 5 nitrogen and oxygen atoms in total. The lowest BCUT2D eigenvalue weighted by atomic mass is 9.84. The van der Waals surface area contributed by atoms with Crippen molar-refractivity contribution in [3.8, 4) is 11.3 Å². The van der Waals surface area contributed by atoms with E-state index in [0.717, 1.165) is 6.07 Å². The summed E-state index contributed by atoms with van der Waals surface area (Å²) in [7, 11) is -3.88. The van der Waals surface area contributed by atoms with Crippen molar-refractivity contribution in [1.29, 1.82) is 0 Å². The highest BCUT2D eigenvalue weighted by molar-refractivity contribution is 7.89. The van der Waals surface area contributed by atoms with Crippen LogP contribution in [0, 0.1) is 5.82 Å². The van der Waals surface area contributed by atoms with E-state index >= 15 is 0 Å². The summed E-state index contributed by atoms with van der Waals surface area (Å²) >= 11 is 11.8. The second kappa shape index (κ2) is 7.64. The number of pyridine rings is 1. The molecule has 27 heavy (non-hydrogen) atoms. The first-order valence-electron chi connectivity index (χ1n) is 8.43. The van der Waals surface area contributed by atoms with Gasteiger partial charge in [-0.2, -0.15) is 0 Å². The minimum absolute atomic E-state index is 0.0873. The Labute approximate surface area is 167 Å². The molecule has 0 amide bonds. The molecule has 2 aromatic rings. The molecule has 1 saturated carbocycles. The molecule has 1 aliphatic carbocycles. The van der Waals surface area contributed by atoms with Crippen molar-refractivity contribution >= 4 is 33.2 Å². The Bertz CT molecular complexity index is 957. The molecule has 2 N–H and O–H groups in total. The smallest absolute Gasteiger partial charge is 0.240 e. The summed E-state index contributed by atoms with van der Waals surface area (Å²) in [5.41, 5.74) is -0.491. The number of hydrogen-bond acceptors (Lipinski definition) is 4. The Morgan fingerprint density at radius 3 is 2.52 bits per heavy atom. The number of sulfonamides is 1. The highest BCUT2D eigenvalue weighted by atomic mass is 35.5. The van der Waals surface area contributed by atoms with Crippen LogP contribution in [0.25, 0.3) is 11.3 Å². The van der Waals surface area contributed by atoms with Gasteiger partial charge in [-0.05, 0) is 56.9 Å². The minimum atomic E-state index is -3.88. The highest BCUT2D eigenvalue weighted by Crippen LogP contribution is 2.32. The van der Waals surface area contributed by atoms with Crippen LogP contribution < -0.4 is 4.72 Å². The Morgan fingerprint density at radius 1 is 1.26 bits per heavy atom. The largest absolute Gasteiger partial charge is 0.390 e. The van der Waals surface area contributed by atoms with Gasteiger partial charge in [-0.15, -0.1) is 0 Å². The van der Waals surface area contributed by atoms with Gasteiger partial charge in [-0.25, -0.2) is 17.5 Å². The molecule has 9 heteroatoms. The van der Waals surface area contributed by atoms with Crippen LogP contribution in [0.4, 0.5) is 4.39 Å². The molecule has 0 aliphatic heterocycles. The third-order valence-electron chi connectivity index (χ3n) is 4.70. The molecule has 1 heterocycles. The number of benzene rings is 1. The number of hydrogen-bond donors (Lipinski definition) is 2. The van der Waals surface area contributed by atoms with E-state index in [4.69, 9.17) is 23.2 Å². The quantitative estimate of drug-likeness (QED) is 0.759. The zero-order valence-electron chi connectivity index (χ0n) is 14.5. The maximum atomic E-state index is 14.6. The highest BCUT2D eigenvalue weighted by Gasteiger charge is 2.31. The molecule has 3 rings (SSSR count). The summed E-state index contributed by atoms with van der Waals surface area (Å²) in [4.78, 5) is 3.84. The van der Waals surface area contributed by atoms with Gasteiger partial charge in [0.1, 0.15) is 5.82 Å². The maximum Gasteiger partial charge on any atom is 0.240 e. The van der Waals surface area contributed by atoms with Gasteiger partial charge in [-0.1, -0.05) is 23.2 Å². The van der Waals surface area contributed by atoms with E-state index in [2.05, 4.69) is 9.71 Å². The molecular formula is C18H19Cl2FN2O3S. The molecule has 0 saturated heterocycles. The van der Waals surface area contributed by atoms with Crippen molar-refractivity contribution in [3.05, 3.63) is 46.3 Å². The lowest BCUT2D eigenvalue weighted by Crippen LogP contribution is -2.42. The van der Waals surface area contributed by atoms with Crippen LogP contribution in [0.2, 0.25) is 10.0 Å². The van der Waals surface area contributed by atoms with E-state index in [0.29, 0.717) is 30.7 Å². The number of rotatable bonds is 4. The van der Waals surface area contributed by atoms with Gasteiger partial charge in [-0.3, -0.25) is 4.98 Å². The van der Waals surface area contributed by atoms with Crippen LogP contribution in [0.1, 0.15) is 32.6 Å². The van der Waals surface area contributed by atoms with Crippen LogP contribution >= 0.6 is 23.2 Å². The molecule has 0 bridgehead atoms. The molecule has 1 aromatic carbocycles. The second-order valence-electron chi connectivity index (χ2n) is 7.02. The van der Waals surface area contributed by atoms with Crippen molar-refractivity contribution in [1.82, 2.24) is 9.71 Å². The third kappa shape index (κ3) is 4.78. The summed E-state index contributed by atoms with van der Waals surface area (Å²) in [6.07, 6.45) is 3.41. The van der Waals surface area contributed by atoms with Crippen molar-refractivity contribution in [2.24, 2.45) is 0 Å². The third-order valence-corrected chi connectivity index (χ3v) is 6.71. The average molecular weight is 433 g/mol. The Hall–Kier alpha value is -1.25. The average Bonchev–Trinajstić information content (AvgIpc) is 2.57. The molecule has 0 unspecified atom stereocenters. The monoisotopic (exact) mass is 432 g/mol. The number of aliphatic hydroxyl groups is 1. The van der Waals surface area contributed by atoms with Gasteiger partial charge in [0, 0.05) is 17.8 Å². The van der Waals surface area contributed by atoms with Crippen molar-refractivity contribution in [2.45, 2.75) is 49.1 Å². The van der Waals surface area contributed by atoms with E-state index in [-0.39, 0.29) is 27.2 Å². The molecular weight excluding hydrogens is 414 g/mol. The van der Waals surface area contributed by atoms with Crippen molar-refractivity contribution in [2.75, 3.05) is 0 Å². The van der Waals surface area contributed by atoms with Crippen molar-refractivity contribution < 1.29 is 17.9 Å². The number of aromatic nitrogens is 1. The first-order chi connectivity index (χ1) is 12.6. The van der Waals surface area contributed by atoms with Gasteiger partial charge in [0.25, 0.3) is 0 Å². The second-order valence-corrected chi connectivity index (χ2v) is 9.58. The summed E-state index contributed by atoms with van der Waals surface area (Å²) in [6.45, 7) is 1.74. The summed E-state index contributed by atoms with van der Waals surface area (Å²) in [5, 5.41) is 10.5. The van der Waals surface area contributed by atoms with E-state index < -0.39 is 21.4 Å². The fraction of sp³-hybridized carbons (Fsp3) is 0.389. The molecule has 0 atom stereocenters. The molecule has 1 fully saturated rings. The Morgan fingerprint density at radius 2 is 1.93 bits per heavy atom. The van der Waals surface area contributed by atoms with Crippen LogP contribution in [0.15, 0.2) is 35.4 Å². The predicted molar refractivity (Wildman–Crippen MR) is 103 cm³/mol. The number of nitrogens with one attached hydrogen (secondary N) is 1. The fourth-order valence-corrected chi connectivity index (χ4v) is 4.91. The van der Waals surface area contributed by atoms with Gasteiger partial charge in [0.15, 0.2) is 0 Å². The summed E-state index contributed by atoms with van der Waals surface area (Å²) in [6, 6.07) is 4.74. The zero-order valence-corrected chi connectivity index (χ0v) is 16.9.